The van der Waals surface area contributed by atoms with E-state index < -0.39 is 20.3 Å². The molecule has 1 aliphatic carbocycles. The average molecular weight is 316 g/mol. The molecule has 0 radical (unpaired) electrons. The van der Waals surface area contributed by atoms with Crippen LogP contribution in [0, 0.1) is 0 Å². The molecule has 1 aliphatic rings. The van der Waals surface area contributed by atoms with Gasteiger partial charge in [0.1, 0.15) is 0 Å². The summed E-state index contributed by atoms with van der Waals surface area (Å²) in [6.45, 7) is 0. The standard InChI is InChI=1S/C7H14O7P2.2Na/c8-7(15(9,10)11,16(12,13)14)5-6-3-1-2-4-6;;/h5,8H,1-4H2,(H2,9,10,11)(H2,12,13,14);;/q;2*+1/p-2. The zero-order valence-electron chi connectivity index (χ0n) is 10.3. The molecule has 7 nitrogen and oxygen atoms in total. The molecule has 2 unspecified atom stereocenters. The first-order valence-corrected chi connectivity index (χ1v) is 7.74. The number of hydrogen-bond acceptors (Lipinski definition) is 5. The summed E-state index contributed by atoms with van der Waals surface area (Å²) in [7, 11) is -11.3. The van der Waals surface area contributed by atoms with Gasteiger partial charge in [-0.1, -0.05) is 5.57 Å². The molecule has 0 amide bonds. The van der Waals surface area contributed by atoms with Gasteiger partial charge in [0, 0.05) is 0 Å². The molecule has 94 valence electrons. The van der Waals surface area contributed by atoms with Crippen molar-refractivity contribution in [1.82, 2.24) is 0 Å². The van der Waals surface area contributed by atoms with E-state index in [1.807, 2.05) is 0 Å². The Morgan fingerprint density at radius 3 is 1.67 bits per heavy atom. The van der Waals surface area contributed by atoms with E-state index in [2.05, 4.69) is 0 Å². The van der Waals surface area contributed by atoms with Crippen LogP contribution in [0.25, 0.3) is 0 Å². The number of rotatable bonds is 3. The Balaban J connectivity index is 0. The van der Waals surface area contributed by atoms with Crippen LogP contribution in [-0.4, -0.2) is 20.0 Å². The quantitative estimate of drug-likeness (QED) is 0.267. The zero-order valence-corrected chi connectivity index (χ0v) is 16.1. The van der Waals surface area contributed by atoms with Crippen LogP contribution in [0.1, 0.15) is 25.7 Å². The van der Waals surface area contributed by atoms with E-state index >= 15 is 0 Å². The van der Waals surface area contributed by atoms with Crippen molar-refractivity contribution in [2.24, 2.45) is 0 Å². The molecular weight excluding hydrogens is 304 g/mol. The summed E-state index contributed by atoms with van der Waals surface area (Å²) in [6, 6.07) is 0. The fourth-order valence-corrected chi connectivity index (χ4v) is 3.54. The van der Waals surface area contributed by atoms with E-state index in [4.69, 9.17) is 9.79 Å². The maximum Gasteiger partial charge on any atom is 1.00 e. The minimum absolute atomic E-state index is 0. The van der Waals surface area contributed by atoms with Crippen molar-refractivity contribution in [2.75, 3.05) is 0 Å². The maximum absolute atomic E-state index is 10.8. The van der Waals surface area contributed by atoms with Crippen LogP contribution in [0.2, 0.25) is 0 Å². The maximum atomic E-state index is 10.8. The SMILES string of the molecule is O=P([O-])(O)C(O)(C=C1CCCC1)P(=O)([O-])O.[Na+].[Na+]. The van der Waals surface area contributed by atoms with Crippen LogP contribution in [0.15, 0.2) is 11.6 Å². The van der Waals surface area contributed by atoms with E-state index in [0.717, 1.165) is 12.8 Å². The third kappa shape index (κ3) is 5.08. The summed E-state index contributed by atoms with van der Waals surface area (Å²) in [4.78, 5) is 39.1. The van der Waals surface area contributed by atoms with E-state index in [0.29, 0.717) is 24.5 Å². The molecule has 2 atom stereocenters. The molecule has 0 aliphatic heterocycles. The van der Waals surface area contributed by atoms with Gasteiger partial charge >= 0.3 is 59.1 Å². The summed E-state index contributed by atoms with van der Waals surface area (Å²) >= 11 is 0. The summed E-state index contributed by atoms with van der Waals surface area (Å²) < 4.78 is 21.7. The second-order valence-corrected chi connectivity index (χ2v) is 7.54. The topological polar surface area (TPSA) is 141 Å². The fraction of sp³-hybridized carbons (Fsp3) is 0.714. The van der Waals surface area contributed by atoms with Crippen LogP contribution in [0.3, 0.4) is 0 Å². The average Bonchev–Trinajstić information content (AvgIpc) is 2.52. The van der Waals surface area contributed by atoms with Gasteiger partial charge < -0.3 is 33.8 Å². The summed E-state index contributed by atoms with van der Waals surface area (Å²) in [5.74, 6) is 0. The fourth-order valence-electron chi connectivity index (χ4n) is 1.57. The summed E-state index contributed by atoms with van der Waals surface area (Å²) in [6.07, 6.45) is 2.86. The van der Waals surface area contributed by atoms with Gasteiger partial charge in [-0.25, -0.2) is 0 Å². The molecule has 0 aromatic carbocycles. The van der Waals surface area contributed by atoms with Gasteiger partial charge in [-0.05, 0) is 31.8 Å². The Labute approximate surface area is 149 Å². The monoisotopic (exact) mass is 316 g/mol. The first-order valence-electron chi connectivity index (χ1n) is 4.59. The van der Waals surface area contributed by atoms with Gasteiger partial charge in [-0.15, -0.1) is 0 Å². The van der Waals surface area contributed by atoms with Crippen molar-refractivity contribution in [1.29, 1.82) is 0 Å². The smallest absolute Gasteiger partial charge is 0.776 e. The molecule has 1 saturated carbocycles. The Morgan fingerprint density at radius 2 is 1.39 bits per heavy atom. The number of aliphatic hydroxyl groups is 1. The van der Waals surface area contributed by atoms with Crippen LogP contribution in [0.4, 0.5) is 0 Å². The van der Waals surface area contributed by atoms with Crippen molar-refractivity contribution >= 4 is 15.2 Å². The molecule has 0 spiro atoms. The molecule has 0 bridgehead atoms. The Bertz CT molecular complexity index is 369. The molecule has 0 aromatic rings. The second kappa shape index (κ2) is 7.85. The van der Waals surface area contributed by atoms with E-state index in [1.165, 1.54) is 0 Å². The molecular formula is C7H12Na2O7P2. The van der Waals surface area contributed by atoms with Crippen molar-refractivity contribution in [3.63, 3.8) is 0 Å². The Morgan fingerprint density at radius 1 is 1.06 bits per heavy atom. The largest absolute Gasteiger partial charge is 1.00 e. The van der Waals surface area contributed by atoms with Gasteiger partial charge in [-0.3, -0.25) is 0 Å². The van der Waals surface area contributed by atoms with Crippen molar-refractivity contribution in [3.05, 3.63) is 11.6 Å². The van der Waals surface area contributed by atoms with Crippen LogP contribution < -0.4 is 68.9 Å². The van der Waals surface area contributed by atoms with Gasteiger partial charge in [0.25, 0.3) is 0 Å². The number of allylic oxidation sites excluding steroid dienone is 1. The van der Waals surface area contributed by atoms with Crippen molar-refractivity contribution in [3.8, 4) is 0 Å². The minimum atomic E-state index is -5.66. The first kappa shape index (κ1) is 22.3. The molecule has 11 heteroatoms. The van der Waals surface area contributed by atoms with Crippen LogP contribution in [0.5, 0.6) is 0 Å². The molecule has 1 fully saturated rings. The third-order valence-electron chi connectivity index (χ3n) is 2.48. The van der Waals surface area contributed by atoms with E-state index in [1.54, 1.807) is 0 Å². The van der Waals surface area contributed by atoms with Crippen molar-refractivity contribution < 1.29 is 92.9 Å². The molecule has 0 heterocycles. The van der Waals surface area contributed by atoms with E-state index in [-0.39, 0.29) is 59.1 Å². The summed E-state index contributed by atoms with van der Waals surface area (Å²) in [5, 5.41) is 5.81. The van der Waals surface area contributed by atoms with Crippen molar-refractivity contribution in [2.45, 2.75) is 30.8 Å². The van der Waals surface area contributed by atoms with Gasteiger partial charge in [0.2, 0.25) is 5.08 Å². The normalized spacial score (nSPS) is 24.8. The Hall–Kier alpha value is 2.00. The molecule has 0 aromatic heterocycles. The van der Waals surface area contributed by atoms with Crippen LogP contribution >= 0.6 is 15.2 Å². The van der Waals surface area contributed by atoms with Gasteiger partial charge in [-0.2, -0.15) is 0 Å². The molecule has 1 rings (SSSR count). The predicted octanol–water partition coefficient (Wildman–Crippen LogP) is -6.77. The molecule has 0 saturated heterocycles. The summed E-state index contributed by atoms with van der Waals surface area (Å²) in [5.41, 5.74) is 0.387. The van der Waals surface area contributed by atoms with Gasteiger partial charge in [0.05, 0.1) is 0 Å². The number of hydrogen-bond donors (Lipinski definition) is 3. The zero-order chi connectivity index (χ0) is 12.6. The first-order chi connectivity index (χ1) is 7.08. The molecule has 18 heavy (non-hydrogen) atoms. The second-order valence-electron chi connectivity index (χ2n) is 3.74. The third-order valence-corrected chi connectivity index (χ3v) is 5.91. The predicted molar refractivity (Wildman–Crippen MR) is 51.2 cm³/mol. The molecule has 3 N–H and O–H groups in total. The minimum Gasteiger partial charge on any atom is -0.776 e. The Kier molecular flexibility index (Phi) is 9.72. The van der Waals surface area contributed by atoms with Crippen LogP contribution in [-0.2, 0) is 9.13 Å². The van der Waals surface area contributed by atoms with E-state index in [9.17, 15) is 24.0 Å². The van der Waals surface area contributed by atoms with Gasteiger partial charge in [0.15, 0.2) is 15.2 Å².